The normalized spacial score (nSPS) is 10.8. The topological polar surface area (TPSA) is 73.5 Å². The quantitative estimate of drug-likeness (QED) is 0.533. The Labute approximate surface area is 164 Å². The minimum atomic E-state index is -0.612. The minimum Gasteiger partial charge on any atom is -0.457 e. The third-order valence-electron chi connectivity index (χ3n) is 4.05. The summed E-state index contributed by atoms with van der Waals surface area (Å²) in [4.78, 5) is 24.4. The molecule has 0 unspecified atom stereocenters. The average molecular weight is 395 g/mol. The van der Waals surface area contributed by atoms with Crippen molar-refractivity contribution in [1.82, 2.24) is 4.57 Å². The van der Waals surface area contributed by atoms with E-state index in [1.807, 2.05) is 30.3 Å². The Morgan fingerprint density at radius 1 is 1.00 bits per heavy atom. The number of carbonyl (C=O) groups is 1. The van der Waals surface area contributed by atoms with Gasteiger partial charge in [-0.2, -0.15) is 0 Å². The maximum atomic E-state index is 12.4. The third-order valence-corrected chi connectivity index (χ3v) is 4.28. The Hall–Kier alpha value is -3.51. The van der Waals surface area contributed by atoms with E-state index in [0.717, 1.165) is 5.75 Å². The van der Waals surface area contributed by atoms with E-state index in [9.17, 15) is 9.59 Å². The van der Waals surface area contributed by atoms with Crippen LogP contribution in [-0.4, -0.2) is 10.5 Å². The number of rotatable bonds is 5. The van der Waals surface area contributed by atoms with Crippen LogP contribution in [0.15, 0.2) is 82.0 Å². The van der Waals surface area contributed by atoms with E-state index in [4.69, 9.17) is 20.8 Å². The van der Waals surface area contributed by atoms with Gasteiger partial charge in [0.1, 0.15) is 18.0 Å². The molecule has 0 spiro atoms. The summed E-state index contributed by atoms with van der Waals surface area (Å²) in [6, 6.07) is 21.2. The highest BCUT2D eigenvalue weighted by atomic mass is 35.5. The van der Waals surface area contributed by atoms with Gasteiger partial charge in [-0.25, -0.2) is 4.79 Å². The van der Waals surface area contributed by atoms with Crippen LogP contribution in [-0.2, 0) is 11.3 Å². The summed E-state index contributed by atoms with van der Waals surface area (Å²) < 4.78 is 12.1. The van der Waals surface area contributed by atoms with Crippen LogP contribution >= 0.6 is 11.6 Å². The van der Waals surface area contributed by atoms with Gasteiger partial charge in [-0.15, -0.1) is 0 Å². The zero-order valence-corrected chi connectivity index (χ0v) is 15.3. The molecule has 0 aliphatic carbocycles. The average Bonchev–Trinajstić information content (AvgIpc) is 2.99. The first kappa shape index (κ1) is 17.9. The SMILES string of the molecule is O=C(Cn1c(=O)oc2ccc(Cl)cc21)Nc1ccc(Oc2ccccc2)cc1. The number of halogens is 1. The zero-order valence-electron chi connectivity index (χ0n) is 14.6. The van der Waals surface area contributed by atoms with E-state index < -0.39 is 5.76 Å². The monoisotopic (exact) mass is 394 g/mol. The molecule has 0 saturated heterocycles. The van der Waals surface area contributed by atoms with Crippen molar-refractivity contribution in [3.63, 3.8) is 0 Å². The van der Waals surface area contributed by atoms with Gasteiger partial charge in [0.15, 0.2) is 5.58 Å². The Morgan fingerprint density at radius 3 is 2.46 bits per heavy atom. The molecule has 0 aliphatic heterocycles. The molecule has 0 bridgehead atoms. The van der Waals surface area contributed by atoms with Crippen LogP contribution in [0.25, 0.3) is 11.1 Å². The summed E-state index contributed by atoms with van der Waals surface area (Å²) in [6.07, 6.45) is 0. The molecule has 1 heterocycles. The molecule has 7 heteroatoms. The van der Waals surface area contributed by atoms with Crippen molar-refractivity contribution in [2.75, 3.05) is 5.32 Å². The van der Waals surface area contributed by atoms with E-state index in [1.54, 1.807) is 42.5 Å². The number of nitrogens with one attached hydrogen (secondary N) is 1. The van der Waals surface area contributed by atoms with Crippen LogP contribution in [0.1, 0.15) is 0 Å². The number of para-hydroxylation sites is 1. The number of amides is 1. The molecule has 4 aromatic rings. The van der Waals surface area contributed by atoms with E-state index in [-0.39, 0.29) is 12.5 Å². The molecule has 28 heavy (non-hydrogen) atoms. The second kappa shape index (κ2) is 7.62. The van der Waals surface area contributed by atoms with E-state index >= 15 is 0 Å². The van der Waals surface area contributed by atoms with Gasteiger partial charge < -0.3 is 14.5 Å². The summed E-state index contributed by atoms with van der Waals surface area (Å²) in [6.45, 7) is -0.186. The van der Waals surface area contributed by atoms with Crippen molar-refractivity contribution in [3.8, 4) is 11.5 Å². The summed E-state index contributed by atoms with van der Waals surface area (Å²) in [7, 11) is 0. The lowest BCUT2D eigenvalue weighted by molar-refractivity contribution is -0.116. The molecule has 0 atom stereocenters. The fourth-order valence-electron chi connectivity index (χ4n) is 2.76. The van der Waals surface area contributed by atoms with Crippen LogP contribution in [0.3, 0.4) is 0 Å². The Morgan fingerprint density at radius 2 is 1.71 bits per heavy atom. The number of nitrogens with zero attached hydrogens (tertiary/aromatic N) is 1. The Kier molecular flexibility index (Phi) is 4.87. The molecule has 1 aromatic heterocycles. The highest BCUT2D eigenvalue weighted by Crippen LogP contribution is 2.23. The lowest BCUT2D eigenvalue weighted by Crippen LogP contribution is -2.24. The molecular formula is C21H15ClN2O4. The number of aromatic nitrogens is 1. The van der Waals surface area contributed by atoms with Crippen molar-refractivity contribution in [1.29, 1.82) is 0 Å². The van der Waals surface area contributed by atoms with Gasteiger partial charge in [-0.1, -0.05) is 29.8 Å². The summed E-state index contributed by atoms with van der Waals surface area (Å²) in [5.41, 5.74) is 1.44. The standard InChI is InChI=1S/C21H15ClN2O4/c22-14-6-11-19-18(12-14)24(21(26)28-19)13-20(25)23-15-7-9-17(10-8-15)27-16-4-2-1-3-5-16/h1-12H,13H2,(H,23,25). The van der Waals surface area contributed by atoms with Crippen LogP contribution in [0.2, 0.25) is 5.02 Å². The first-order chi connectivity index (χ1) is 13.6. The van der Waals surface area contributed by atoms with Crippen LogP contribution in [0.5, 0.6) is 11.5 Å². The van der Waals surface area contributed by atoms with Crippen LogP contribution < -0.4 is 15.8 Å². The van der Waals surface area contributed by atoms with Gasteiger partial charge in [0, 0.05) is 10.7 Å². The van der Waals surface area contributed by atoms with E-state index in [1.165, 1.54) is 4.57 Å². The second-order valence-corrected chi connectivity index (χ2v) is 6.49. The number of ether oxygens (including phenoxy) is 1. The van der Waals surface area contributed by atoms with Crippen LogP contribution in [0, 0.1) is 0 Å². The van der Waals surface area contributed by atoms with Crippen molar-refractivity contribution < 1.29 is 13.9 Å². The molecule has 0 aliphatic rings. The molecule has 0 fully saturated rings. The van der Waals surface area contributed by atoms with Gasteiger partial charge in [-0.05, 0) is 54.6 Å². The van der Waals surface area contributed by atoms with E-state index in [2.05, 4.69) is 5.32 Å². The molecule has 1 amide bonds. The number of carbonyl (C=O) groups excluding carboxylic acids is 1. The van der Waals surface area contributed by atoms with Crippen molar-refractivity contribution in [2.45, 2.75) is 6.54 Å². The fraction of sp³-hybridized carbons (Fsp3) is 0.0476. The minimum absolute atomic E-state index is 0.186. The smallest absolute Gasteiger partial charge is 0.420 e. The number of hydrogen-bond donors (Lipinski definition) is 1. The molecule has 1 N–H and O–H groups in total. The molecule has 6 nitrogen and oxygen atoms in total. The second-order valence-electron chi connectivity index (χ2n) is 6.05. The molecule has 0 saturated carbocycles. The van der Waals surface area contributed by atoms with Gasteiger partial charge in [0.2, 0.25) is 5.91 Å². The lowest BCUT2D eigenvalue weighted by atomic mass is 10.3. The first-order valence-corrected chi connectivity index (χ1v) is 8.88. The largest absolute Gasteiger partial charge is 0.457 e. The van der Waals surface area contributed by atoms with Gasteiger partial charge >= 0.3 is 5.76 Å². The number of hydrogen-bond acceptors (Lipinski definition) is 4. The number of anilines is 1. The fourth-order valence-corrected chi connectivity index (χ4v) is 2.93. The predicted molar refractivity (Wildman–Crippen MR) is 107 cm³/mol. The highest BCUT2D eigenvalue weighted by Gasteiger charge is 2.13. The molecule has 140 valence electrons. The van der Waals surface area contributed by atoms with Crippen molar-refractivity contribution >= 4 is 34.3 Å². The molecular weight excluding hydrogens is 380 g/mol. The summed E-state index contributed by atoms with van der Waals surface area (Å²) >= 11 is 5.97. The van der Waals surface area contributed by atoms with E-state index in [0.29, 0.717) is 27.6 Å². The maximum absolute atomic E-state index is 12.4. The lowest BCUT2D eigenvalue weighted by Gasteiger charge is -2.08. The van der Waals surface area contributed by atoms with Crippen molar-refractivity contribution in [2.24, 2.45) is 0 Å². The van der Waals surface area contributed by atoms with Crippen LogP contribution in [0.4, 0.5) is 5.69 Å². The summed E-state index contributed by atoms with van der Waals surface area (Å²) in [5.74, 6) is 0.403. The van der Waals surface area contributed by atoms with Gasteiger partial charge in [0.25, 0.3) is 0 Å². The first-order valence-electron chi connectivity index (χ1n) is 8.50. The predicted octanol–water partition coefficient (Wildman–Crippen LogP) is 4.68. The molecule has 0 radical (unpaired) electrons. The highest BCUT2D eigenvalue weighted by molar-refractivity contribution is 6.31. The van der Waals surface area contributed by atoms with Crippen molar-refractivity contribution in [3.05, 3.63) is 88.4 Å². The van der Waals surface area contributed by atoms with Gasteiger partial charge in [0.05, 0.1) is 5.52 Å². The third kappa shape index (κ3) is 3.92. The summed E-state index contributed by atoms with van der Waals surface area (Å²) in [5, 5.41) is 3.20. The zero-order chi connectivity index (χ0) is 19.5. The Bertz CT molecular complexity index is 1180. The maximum Gasteiger partial charge on any atom is 0.420 e. The van der Waals surface area contributed by atoms with Gasteiger partial charge in [-0.3, -0.25) is 9.36 Å². The molecule has 4 rings (SSSR count). The molecule has 3 aromatic carbocycles. The number of fused-ring (bicyclic) bond motifs is 1. The number of oxazole rings is 1. The Balaban J connectivity index is 1.45. The number of benzene rings is 3.